The molecule has 96 valence electrons. The molecule has 3 N–H and O–H groups in total. The Morgan fingerprint density at radius 1 is 1.24 bits per heavy atom. The number of aliphatic hydroxyl groups excluding tert-OH is 2. The van der Waals surface area contributed by atoms with E-state index in [2.05, 4.69) is 17.2 Å². The molecule has 0 aromatic carbocycles. The molecular weight excluding hydrogens is 216 g/mol. The summed E-state index contributed by atoms with van der Waals surface area (Å²) in [6.07, 6.45) is 0. The van der Waals surface area contributed by atoms with Crippen LogP contribution in [0.25, 0.3) is 0 Å². The van der Waals surface area contributed by atoms with Crippen LogP contribution >= 0.6 is 0 Å². The second kappa shape index (κ2) is 6.10. The summed E-state index contributed by atoms with van der Waals surface area (Å²) in [6, 6.07) is 1.82. The van der Waals surface area contributed by atoms with Gasteiger partial charge in [0.1, 0.15) is 0 Å². The van der Waals surface area contributed by atoms with E-state index in [9.17, 15) is 0 Å². The highest BCUT2D eigenvalue weighted by molar-refractivity contribution is 5.33. The van der Waals surface area contributed by atoms with Crippen LogP contribution in [0, 0.1) is 20.8 Å². The van der Waals surface area contributed by atoms with Gasteiger partial charge in [-0.3, -0.25) is 4.98 Å². The van der Waals surface area contributed by atoms with Crippen molar-refractivity contribution in [3.63, 3.8) is 0 Å². The Labute approximate surface area is 103 Å². The first-order valence-corrected chi connectivity index (χ1v) is 5.92. The standard InChI is InChI=1S/C13H22N2O2/c1-8-5-9(2)14-10(3)13(8)11(4)15-12(6-16)7-17/h5,11-12,15-17H,6-7H2,1-4H3. The smallest absolute Gasteiger partial charge is 0.0607 e. The highest BCUT2D eigenvalue weighted by Crippen LogP contribution is 2.21. The quantitative estimate of drug-likeness (QED) is 0.716. The molecule has 4 nitrogen and oxygen atoms in total. The van der Waals surface area contributed by atoms with Crippen molar-refractivity contribution in [3.05, 3.63) is 28.6 Å². The minimum atomic E-state index is -0.287. The van der Waals surface area contributed by atoms with Crippen LogP contribution in [0.4, 0.5) is 0 Å². The Bertz CT molecular complexity index is 353. The van der Waals surface area contributed by atoms with Gasteiger partial charge in [0.2, 0.25) is 0 Å². The number of hydrogen-bond acceptors (Lipinski definition) is 4. The Balaban J connectivity index is 2.92. The zero-order chi connectivity index (χ0) is 13.0. The molecule has 1 atom stereocenters. The summed E-state index contributed by atoms with van der Waals surface area (Å²) < 4.78 is 0. The maximum absolute atomic E-state index is 9.07. The van der Waals surface area contributed by atoms with Crippen LogP contribution in [0.1, 0.15) is 35.5 Å². The lowest BCUT2D eigenvalue weighted by molar-refractivity contribution is 0.163. The van der Waals surface area contributed by atoms with Gasteiger partial charge < -0.3 is 15.5 Å². The summed E-state index contributed by atoms with van der Waals surface area (Å²) in [5, 5.41) is 21.3. The predicted molar refractivity (Wildman–Crippen MR) is 68.0 cm³/mol. The van der Waals surface area contributed by atoms with Crippen LogP contribution < -0.4 is 5.32 Å². The number of aliphatic hydroxyl groups is 2. The molecule has 0 aliphatic rings. The second-order valence-corrected chi connectivity index (χ2v) is 4.53. The van der Waals surface area contributed by atoms with Gasteiger partial charge in [-0.15, -0.1) is 0 Å². The van der Waals surface area contributed by atoms with E-state index in [-0.39, 0.29) is 25.3 Å². The zero-order valence-corrected chi connectivity index (χ0v) is 11.0. The van der Waals surface area contributed by atoms with Gasteiger partial charge in [0.05, 0.1) is 19.3 Å². The average molecular weight is 238 g/mol. The van der Waals surface area contributed by atoms with Crippen LogP contribution in [-0.2, 0) is 0 Å². The Kier molecular flexibility index (Phi) is 5.05. The largest absolute Gasteiger partial charge is 0.395 e. The van der Waals surface area contributed by atoms with E-state index >= 15 is 0 Å². The van der Waals surface area contributed by atoms with Crippen molar-refractivity contribution >= 4 is 0 Å². The van der Waals surface area contributed by atoms with Gasteiger partial charge in [0.25, 0.3) is 0 Å². The number of nitrogens with one attached hydrogen (secondary N) is 1. The van der Waals surface area contributed by atoms with Crippen LogP contribution in [0.2, 0.25) is 0 Å². The number of aryl methyl sites for hydroxylation is 3. The van der Waals surface area contributed by atoms with Gasteiger partial charge in [-0.05, 0) is 44.9 Å². The van der Waals surface area contributed by atoms with Crippen molar-refractivity contribution in [2.45, 2.75) is 39.8 Å². The third-order valence-electron chi connectivity index (χ3n) is 2.94. The summed E-state index contributed by atoms with van der Waals surface area (Å²) >= 11 is 0. The molecule has 0 radical (unpaired) electrons. The Hall–Kier alpha value is -0.970. The number of hydrogen-bond donors (Lipinski definition) is 3. The molecule has 0 fully saturated rings. The molecule has 0 saturated heterocycles. The van der Waals surface area contributed by atoms with Crippen molar-refractivity contribution in [1.29, 1.82) is 0 Å². The zero-order valence-electron chi connectivity index (χ0n) is 11.0. The molecule has 1 rings (SSSR count). The number of rotatable bonds is 5. The fourth-order valence-corrected chi connectivity index (χ4v) is 2.29. The van der Waals surface area contributed by atoms with Gasteiger partial charge in [-0.1, -0.05) is 0 Å². The maximum Gasteiger partial charge on any atom is 0.0607 e. The number of pyridine rings is 1. The van der Waals surface area contributed by atoms with E-state index in [1.165, 1.54) is 5.56 Å². The van der Waals surface area contributed by atoms with Crippen molar-refractivity contribution in [2.24, 2.45) is 0 Å². The molecular formula is C13H22N2O2. The average Bonchev–Trinajstić information content (AvgIpc) is 2.24. The van der Waals surface area contributed by atoms with E-state index in [1.54, 1.807) is 0 Å². The third-order valence-corrected chi connectivity index (χ3v) is 2.94. The van der Waals surface area contributed by atoms with Gasteiger partial charge in [0.15, 0.2) is 0 Å². The van der Waals surface area contributed by atoms with Crippen molar-refractivity contribution < 1.29 is 10.2 Å². The van der Waals surface area contributed by atoms with Crippen molar-refractivity contribution in [1.82, 2.24) is 10.3 Å². The second-order valence-electron chi connectivity index (χ2n) is 4.53. The predicted octanol–water partition coefficient (Wildman–Crippen LogP) is 1.01. The van der Waals surface area contributed by atoms with E-state index in [4.69, 9.17) is 10.2 Å². The summed E-state index contributed by atoms with van der Waals surface area (Å²) in [7, 11) is 0. The summed E-state index contributed by atoms with van der Waals surface area (Å²) in [6.45, 7) is 7.90. The molecule has 1 aromatic heterocycles. The summed E-state index contributed by atoms with van der Waals surface area (Å²) in [5.74, 6) is 0. The van der Waals surface area contributed by atoms with Crippen molar-refractivity contribution in [3.8, 4) is 0 Å². The Morgan fingerprint density at radius 3 is 2.29 bits per heavy atom. The van der Waals surface area contributed by atoms with Gasteiger partial charge in [-0.2, -0.15) is 0 Å². The SMILES string of the molecule is Cc1cc(C)c(C(C)NC(CO)CO)c(C)n1. The molecule has 1 unspecified atom stereocenters. The first-order valence-electron chi connectivity index (χ1n) is 5.92. The lowest BCUT2D eigenvalue weighted by Gasteiger charge is -2.23. The van der Waals surface area contributed by atoms with Crippen LogP contribution in [0.3, 0.4) is 0 Å². The van der Waals surface area contributed by atoms with Crippen LogP contribution in [-0.4, -0.2) is 34.5 Å². The maximum atomic E-state index is 9.07. The lowest BCUT2D eigenvalue weighted by atomic mass is 10.00. The van der Waals surface area contributed by atoms with Crippen LogP contribution in [0.15, 0.2) is 6.07 Å². The Morgan fingerprint density at radius 2 is 1.82 bits per heavy atom. The molecule has 1 heterocycles. The molecule has 0 amide bonds. The highest BCUT2D eigenvalue weighted by Gasteiger charge is 2.16. The third kappa shape index (κ3) is 3.49. The molecule has 1 aromatic rings. The van der Waals surface area contributed by atoms with E-state index in [0.29, 0.717) is 0 Å². The monoisotopic (exact) mass is 238 g/mol. The number of nitrogens with zero attached hydrogens (tertiary/aromatic N) is 1. The van der Waals surface area contributed by atoms with Crippen LogP contribution in [0.5, 0.6) is 0 Å². The molecule has 0 spiro atoms. The van der Waals surface area contributed by atoms with E-state index < -0.39 is 0 Å². The lowest BCUT2D eigenvalue weighted by Crippen LogP contribution is -2.38. The van der Waals surface area contributed by atoms with E-state index in [0.717, 1.165) is 17.0 Å². The fraction of sp³-hybridized carbons (Fsp3) is 0.615. The minimum Gasteiger partial charge on any atom is -0.395 e. The molecule has 17 heavy (non-hydrogen) atoms. The summed E-state index contributed by atoms with van der Waals surface area (Å²) in [5.41, 5.74) is 4.33. The fourth-order valence-electron chi connectivity index (χ4n) is 2.29. The molecule has 0 saturated carbocycles. The molecule has 0 aliphatic carbocycles. The van der Waals surface area contributed by atoms with Gasteiger partial charge in [0, 0.05) is 17.4 Å². The molecule has 4 heteroatoms. The summed E-state index contributed by atoms with van der Waals surface area (Å²) in [4.78, 5) is 4.45. The topological polar surface area (TPSA) is 65.4 Å². The first kappa shape index (κ1) is 14.1. The van der Waals surface area contributed by atoms with Gasteiger partial charge >= 0.3 is 0 Å². The van der Waals surface area contributed by atoms with Crippen molar-refractivity contribution in [2.75, 3.05) is 13.2 Å². The minimum absolute atomic E-state index is 0.0624. The highest BCUT2D eigenvalue weighted by atomic mass is 16.3. The normalized spacial score (nSPS) is 13.1. The van der Waals surface area contributed by atoms with Gasteiger partial charge in [-0.25, -0.2) is 0 Å². The van der Waals surface area contributed by atoms with E-state index in [1.807, 2.05) is 26.8 Å². The number of aromatic nitrogens is 1. The molecule has 0 aliphatic heterocycles. The first-order chi connectivity index (χ1) is 7.99. The molecule has 0 bridgehead atoms.